The Morgan fingerprint density at radius 2 is 1.69 bits per heavy atom. The van der Waals surface area contributed by atoms with Crippen molar-refractivity contribution >= 4 is 14.3 Å². The van der Waals surface area contributed by atoms with Gasteiger partial charge in [-0.25, -0.2) is 0 Å². The van der Waals surface area contributed by atoms with Crippen molar-refractivity contribution in [2.75, 3.05) is 14.2 Å². The topological polar surface area (TPSA) is 83.5 Å². The number of fused-ring (bicyclic) bond motifs is 1. The van der Waals surface area contributed by atoms with Crippen LogP contribution < -0.4 is 18.6 Å². The minimum Gasteiger partial charge on any atom is -0.541 e. The Morgan fingerprint density at radius 3 is 2.25 bits per heavy atom. The molecule has 0 bridgehead atoms. The summed E-state index contributed by atoms with van der Waals surface area (Å²) in [7, 11) is 1.17. The molecule has 198 valence electrons. The second-order valence-electron chi connectivity index (χ2n) is 11.0. The van der Waals surface area contributed by atoms with E-state index in [0.717, 1.165) is 16.9 Å². The number of ether oxygens (including phenoxy) is 4. The molecular weight excluding hydrogens is 476 g/mol. The molecule has 8 heteroatoms. The number of aliphatic hydroxyl groups is 1. The minimum atomic E-state index is -2.04. The van der Waals surface area contributed by atoms with Crippen molar-refractivity contribution in [3.8, 4) is 23.0 Å². The van der Waals surface area contributed by atoms with E-state index in [1.807, 2.05) is 24.3 Å². The summed E-state index contributed by atoms with van der Waals surface area (Å²) < 4.78 is 29.4. The van der Waals surface area contributed by atoms with Gasteiger partial charge < -0.3 is 28.5 Å². The van der Waals surface area contributed by atoms with Crippen LogP contribution in [-0.4, -0.2) is 39.7 Å². The largest absolute Gasteiger partial charge is 0.541 e. The molecule has 1 N–H and O–H groups in total. The highest BCUT2D eigenvalue weighted by molar-refractivity contribution is 6.74. The monoisotopic (exact) mass is 516 g/mol. The molecule has 0 aliphatic carbocycles. The summed E-state index contributed by atoms with van der Waals surface area (Å²) in [5.74, 6) is 2.10. The van der Waals surface area contributed by atoms with Gasteiger partial charge >= 0.3 is 5.97 Å². The van der Waals surface area contributed by atoms with E-state index in [9.17, 15) is 9.90 Å². The second kappa shape index (κ2) is 10.3. The Kier molecular flexibility index (Phi) is 8.00. The van der Waals surface area contributed by atoms with Crippen molar-refractivity contribution in [3.05, 3.63) is 47.0 Å². The first-order chi connectivity index (χ1) is 16.7. The molecule has 0 aromatic heterocycles. The summed E-state index contributed by atoms with van der Waals surface area (Å²) in [5, 5.41) is 10.9. The number of hydrogen-bond acceptors (Lipinski definition) is 7. The molecule has 2 unspecified atom stereocenters. The first kappa shape index (κ1) is 27.9. The molecule has 1 aliphatic rings. The lowest BCUT2D eigenvalue weighted by Crippen LogP contribution is -2.43. The average Bonchev–Trinajstić information content (AvgIpc) is 3.13. The van der Waals surface area contributed by atoms with Crippen LogP contribution in [0.3, 0.4) is 0 Å². The maximum absolute atomic E-state index is 11.4. The molecule has 0 spiro atoms. The average molecular weight is 517 g/mol. The molecule has 3 rings (SSSR count). The van der Waals surface area contributed by atoms with Gasteiger partial charge in [0.05, 0.1) is 14.2 Å². The maximum atomic E-state index is 11.4. The smallest absolute Gasteiger partial charge is 0.302 e. The lowest BCUT2D eigenvalue weighted by molar-refractivity contribution is -0.151. The molecule has 1 heterocycles. The molecule has 0 radical (unpaired) electrons. The molecule has 0 saturated heterocycles. The van der Waals surface area contributed by atoms with Crippen molar-refractivity contribution in [1.82, 2.24) is 0 Å². The number of rotatable bonds is 8. The molecule has 2 aromatic rings. The van der Waals surface area contributed by atoms with Gasteiger partial charge in [0.2, 0.25) is 0 Å². The van der Waals surface area contributed by atoms with Gasteiger partial charge in [-0.05, 0) is 60.4 Å². The number of benzene rings is 2. The normalized spacial score (nSPS) is 19.1. The zero-order valence-electron chi connectivity index (χ0n) is 23.1. The summed E-state index contributed by atoms with van der Waals surface area (Å²) in [5.41, 5.74) is 2.48. The number of carbonyl (C=O) groups excluding carboxylic acids is 1. The molecule has 36 heavy (non-hydrogen) atoms. The molecule has 2 aromatic carbocycles. The molecule has 7 nitrogen and oxygen atoms in total. The van der Waals surface area contributed by atoms with Crippen LogP contribution in [-0.2, 0) is 9.53 Å². The first-order valence-corrected chi connectivity index (χ1v) is 15.2. The lowest BCUT2D eigenvalue weighted by Gasteiger charge is -2.36. The van der Waals surface area contributed by atoms with Crippen LogP contribution >= 0.6 is 0 Å². The second-order valence-corrected chi connectivity index (χ2v) is 15.7. The Bertz CT molecular complexity index is 1110. The van der Waals surface area contributed by atoms with E-state index in [4.69, 9.17) is 23.4 Å². The Balaban J connectivity index is 1.93. The summed E-state index contributed by atoms with van der Waals surface area (Å²) in [4.78, 5) is 11.4. The van der Waals surface area contributed by atoms with Crippen LogP contribution in [0.15, 0.2) is 30.3 Å². The van der Waals surface area contributed by atoms with Gasteiger partial charge in [-0.3, -0.25) is 4.79 Å². The third kappa shape index (κ3) is 5.49. The van der Waals surface area contributed by atoms with E-state index in [2.05, 4.69) is 40.8 Å². The fraction of sp³-hybridized carbons (Fsp3) is 0.536. The van der Waals surface area contributed by atoms with Gasteiger partial charge in [0.1, 0.15) is 24.1 Å². The van der Waals surface area contributed by atoms with E-state index in [-0.39, 0.29) is 17.1 Å². The van der Waals surface area contributed by atoms with Gasteiger partial charge in [-0.2, -0.15) is 0 Å². The van der Waals surface area contributed by atoms with Gasteiger partial charge in [0.25, 0.3) is 8.32 Å². The predicted molar refractivity (Wildman–Crippen MR) is 142 cm³/mol. The van der Waals surface area contributed by atoms with E-state index >= 15 is 0 Å². The molecule has 0 fully saturated rings. The van der Waals surface area contributed by atoms with Crippen LogP contribution in [0.5, 0.6) is 23.0 Å². The zero-order valence-corrected chi connectivity index (χ0v) is 24.1. The molecule has 0 saturated carbocycles. The molecular formula is C28H40O7Si. The Labute approximate surface area is 215 Å². The standard InChI is InChI=1S/C28H40O7Si/c1-16-21-13-20(25(30)17(2)33-18(3)29)15-24(32-8)27(21)34-26(16)19-11-12-22(23(14-19)31-7)35-36(9,10)28(4,5)6/h11-17,25-26,30H,1-10H3/t16-,17?,25?,26-/m0/s1. The Morgan fingerprint density at radius 1 is 1.06 bits per heavy atom. The number of carbonyl (C=O) groups is 1. The van der Waals surface area contributed by atoms with Crippen molar-refractivity contribution in [2.45, 2.75) is 83.9 Å². The third-order valence-corrected chi connectivity index (χ3v) is 11.7. The van der Waals surface area contributed by atoms with Crippen molar-refractivity contribution in [2.24, 2.45) is 0 Å². The van der Waals surface area contributed by atoms with Gasteiger partial charge in [-0.1, -0.05) is 33.8 Å². The number of hydrogen-bond donors (Lipinski definition) is 1. The van der Waals surface area contributed by atoms with Gasteiger partial charge in [0, 0.05) is 18.4 Å². The van der Waals surface area contributed by atoms with E-state index in [1.165, 1.54) is 6.92 Å². The fourth-order valence-electron chi connectivity index (χ4n) is 4.15. The van der Waals surface area contributed by atoms with E-state index < -0.39 is 26.5 Å². The minimum absolute atomic E-state index is 0.0260. The highest BCUT2D eigenvalue weighted by atomic mass is 28.4. The Hall–Kier alpha value is -2.71. The lowest BCUT2D eigenvalue weighted by atomic mass is 9.90. The maximum Gasteiger partial charge on any atom is 0.302 e. The third-order valence-electron chi connectivity index (χ3n) is 7.34. The van der Waals surface area contributed by atoms with Crippen molar-refractivity contribution in [1.29, 1.82) is 0 Å². The zero-order chi connectivity index (χ0) is 27.0. The molecule has 4 atom stereocenters. The van der Waals surface area contributed by atoms with E-state index in [0.29, 0.717) is 22.8 Å². The SMILES string of the molecule is COc1cc([C@H]2Oc3c(OC)cc(C(O)C(C)OC(C)=O)cc3[C@@H]2C)ccc1O[Si](C)(C)C(C)(C)C. The molecule has 0 amide bonds. The van der Waals surface area contributed by atoms with Crippen molar-refractivity contribution in [3.63, 3.8) is 0 Å². The molecule has 1 aliphatic heterocycles. The predicted octanol–water partition coefficient (Wildman–Crippen LogP) is 6.31. The van der Waals surface area contributed by atoms with Gasteiger partial charge in [-0.15, -0.1) is 0 Å². The van der Waals surface area contributed by atoms with Gasteiger partial charge in [0.15, 0.2) is 17.2 Å². The summed E-state index contributed by atoms with van der Waals surface area (Å²) in [6.45, 7) is 16.1. The first-order valence-electron chi connectivity index (χ1n) is 12.3. The number of esters is 1. The quantitative estimate of drug-likeness (QED) is 0.325. The van der Waals surface area contributed by atoms with Crippen molar-refractivity contribution < 1.29 is 33.3 Å². The summed E-state index contributed by atoms with van der Waals surface area (Å²) in [6.07, 6.45) is -1.97. The van der Waals surface area contributed by atoms with Crippen LogP contribution in [0.2, 0.25) is 18.1 Å². The van der Waals surface area contributed by atoms with E-state index in [1.54, 1.807) is 27.2 Å². The highest BCUT2D eigenvalue weighted by Gasteiger charge is 2.40. The summed E-state index contributed by atoms with van der Waals surface area (Å²) >= 11 is 0. The van der Waals surface area contributed by atoms with Crippen LogP contribution in [0.4, 0.5) is 0 Å². The highest BCUT2D eigenvalue weighted by Crippen LogP contribution is 2.52. The van der Waals surface area contributed by atoms with Crippen LogP contribution in [0, 0.1) is 0 Å². The summed E-state index contributed by atoms with van der Waals surface area (Å²) in [6, 6.07) is 9.58. The number of methoxy groups -OCH3 is 2. The van der Waals surface area contributed by atoms with Crippen LogP contribution in [0.25, 0.3) is 0 Å². The van der Waals surface area contributed by atoms with Crippen LogP contribution in [0.1, 0.15) is 76.4 Å². The fourth-order valence-corrected chi connectivity index (χ4v) is 5.18. The number of aliphatic hydroxyl groups excluding tert-OH is 1.